The quantitative estimate of drug-likeness (QED) is 0.176. The standard InChI is InChI=1S/C19H30ClN5O3.HI/c1-19(2,3)28-18(27)24-13-12-23-17(21-4)22-11-5-6-16(26)25-15-9-7-14(20)8-10-15;/h7-10H,5-6,11-13H2,1-4H3,(H,24,27)(H,25,26)(H2,21,22,23);1H. The van der Waals surface area contributed by atoms with Crippen LogP contribution in [0.3, 0.4) is 0 Å². The van der Waals surface area contributed by atoms with Crippen molar-refractivity contribution in [1.29, 1.82) is 0 Å². The fourth-order valence-corrected chi connectivity index (χ4v) is 2.22. The normalized spacial score (nSPS) is 11.1. The fourth-order valence-electron chi connectivity index (χ4n) is 2.09. The number of amides is 2. The molecule has 1 aromatic carbocycles. The van der Waals surface area contributed by atoms with Crippen LogP contribution in [-0.2, 0) is 9.53 Å². The van der Waals surface area contributed by atoms with Crippen molar-refractivity contribution in [2.75, 3.05) is 32.0 Å². The van der Waals surface area contributed by atoms with Crippen molar-refractivity contribution >= 4 is 59.2 Å². The van der Waals surface area contributed by atoms with Crippen LogP contribution in [0, 0.1) is 0 Å². The number of hydrogen-bond acceptors (Lipinski definition) is 4. The van der Waals surface area contributed by atoms with Gasteiger partial charge in [0.2, 0.25) is 5.91 Å². The molecule has 0 bridgehead atoms. The Morgan fingerprint density at radius 1 is 1.03 bits per heavy atom. The van der Waals surface area contributed by atoms with Crippen LogP contribution in [0.4, 0.5) is 10.5 Å². The number of nitrogens with zero attached hydrogens (tertiary/aromatic N) is 1. The van der Waals surface area contributed by atoms with E-state index in [1.54, 1.807) is 31.3 Å². The first-order valence-corrected chi connectivity index (χ1v) is 9.54. The van der Waals surface area contributed by atoms with Gasteiger partial charge in [-0.05, 0) is 51.5 Å². The van der Waals surface area contributed by atoms with Crippen LogP contribution in [-0.4, -0.2) is 50.2 Å². The van der Waals surface area contributed by atoms with Gasteiger partial charge in [-0.1, -0.05) is 11.6 Å². The van der Waals surface area contributed by atoms with E-state index in [2.05, 4.69) is 26.3 Å². The molecular formula is C19H31ClIN5O3. The molecule has 1 aromatic rings. The second-order valence-corrected chi connectivity index (χ2v) is 7.45. The van der Waals surface area contributed by atoms with Crippen molar-refractivity contribution < 1.29 is 14.3 Å². The molecule has 4 N–H and O–H groups in total. The highest BCUT2D eigenvalue weighted by Gasteiger charge is 2.15. The molecular weight excluding hydrogens is 509 g/mol. The molecule has 0 heterocycles. The minimum Gasteiger partial charge on any atom is -0.444 e. The van der Waals surface area contributed by atoms with Crippen molar-refractivity contribution in [1.82, 2.24) is 16.0 Å². The van der Waals surface area contributed by atoms with E-state index in [4.69, 9.17) is 16.3 Å². The van der Waals surface area contributed by atoms with Crippen molar-refractivity contribution in [2.24, 2.45) is 4.99 Å². The van der Waals surface area contributed by atoms with Crippen LogP contribution in [0.25, 0.3) is 0 Å². The molecule has 29 heavy (non-hydrogen) atoms. The second kappa shape index (κ2) is 14.3. The zero-order chi connectivity index (χ0) is 21.0. The van der Waals surface area contributed by atoms with Gasteiger partial charge in [0.1, 0.15) is 5.60 Å². The summed E-state index contributed by atoms with van der Waals surface area (Å²) in [5, 5.41) is 12.3. The lowest BCUT2D eigenvalue weighted by Crippen LogP contribution is -2.42. The van der Waals surface area contributed by atoms with Gasteiger partial charge < -0.3 is 26.0 Å². The number of aliphatic imine (C=N–C) groups is 1. The smallest absolute Gasteiger partial charge is 0.407 e. The van der Waals surface area contributed by atoms with Gasteiger partial charge in [-0.3, -0.25) is 9.79 Å². The Bertz CT molecular complexity index is 663. The van der Waals surface area contributed by atoms with Crippen LogP contribution in [0.5, 0.6) is 0 Å². The van der Waals surface area contributed by atoms with Crippen LogP contribution in [0.1, 0.15) is 33.6 Å². The Morgan fingerprint density at radius 3 is 2.21 bits per heavy atom. The third-order valence-corrected chi connectivity index (χ3v) is 3.56. The maximum atomic E-state index is 11.9. The summed E-state index contributed by atoms with van der Waals surface area (Å²) in [6, 6.07) is 6.98. The van der Waals surface area contributed by atoms with E-state index < -0.39 is 11.7 Å². The Kier molecular flexibility index (Phi) is 13.4. The van der Waals surface area contributed by atoms with E-state index in [-0.39, 0.29) is 29.9 Å². The molecule has 0 aliphatic carbocycles. The highest BCUT2D eigenvalue weighted by atomic mass is 127. The van der Waals surface area contributed by atoms with E-state index in [9.17, 15) is 9.59 Å². The van der Waals surface area contributed by atoms with Crippen LogP contribution in [0.2, 0.25) is 5.02 Å². The molecule has 0 saturated carbocycles. The topological polar surface area (TPSA) is 104 Å². The molecule has 0 aromatic heterocycles. The maximum absolute atomic E-state index is 11.9. The number of rotatable bonds is 8. The predicted octanol–water partition coefficient (Wildman–Crippen LogP) is 3.37. The van der Waals surface area contributed by atoms with Crippen molar-refractivity contribution in [3.8, 4) is 0 Å². The number of benzene rings is 1. The highest BCUT2D eigenvalue weighted by molar-refractivity contribution is 14.0. The van der Waals surface area contributed by atoms with Gasteiger partial charge >= 0.3 is 6.09 Å². The van der Waals surface area contributed by atoms with Crippen molar-refractivity contribution in [2.45, 2.75) is 39.2 Å². The Hall–Kier alpha value is -1.75. The minimum atomic E-state index is -0.519. The number of carbonyl (C=O) groups excluding carboxylic acids is 2. The molecule has 0 atom stereocenters. The van der Waals surface area contributed by atoms with Gasteiger partial charge in [0.05, 0.1) is 0 Å². The SMILES string of the molecule is CN=C(NCCCC(=O)Nc1ccc(Cl)cc1)NCCNC(=O)OC(C)(C)C.I. The van der Waals surface area contributed by atoms with Crippen LogP contribution < -0.4 is 21.3 Å². The number of guanidine groups is 1. The monoisotopic (exact) mass is 539 g/mol. The van der Waals surface area contributed by atoms with E-state index in [0.717, 1.165) is 5.69 Å². The number of halogens is 2. The number of carbonyl (C=O) groups is 2. The summed E-state index contributed by atoms with van der Waals surface area (Å²) in [5.41, 5.74) is 0.201. The zero-order valence-electron chi connectivity index (χ0n) is 17.3. The molecule has 2 amide bonds. The van der Waals surface area contributed by atoms with Gasteiger partial charge in [-0.15, -0.1) is 24.0 Å². The number of ether oxygens (including phenoxy) is 1. The molecule has 1 rings (SSSR count). The largest absolute Gasteiger partial charge is 0.444 e. The molecule has 0 saturated heterocycles. The minimum absolute atomic E-state index is 0. The van der Waals surface area contributed by atoms with E-state index >= 15 is 0 Å². The third-order valence-electron chi connectivity index (χ3n) is 3.31. The molecule has 164 valence electrons. The highest BCUT2D eigenvalue weighted by Crippen LogP contribution is 2.13. The van der Waals surface area contributed by atoms with Gasteiger partial charge in [0.15, 0.2) is 5.96 Å². The van der Waals surface area contributed by atoms with Gasteiger partial charge in [0, 0.05) is 43.8 Å². The number of hydrogen-bond donors (Lipinski definition) is 4. The Morgan fingerprint density at radius 2 is 1.62 bits per heavy atom. The molecule has 0 fully saturated rings. The van der Waals surface area contributed by atoms with Crippen molar-refractivity contribution in [3.63, 3.8) is 0 Å². The molecule has 10 heteroatoms. The number of nitrogens with one attached hydrogen (secondary N) is 4. The Labute approximate surface area is 194 Å². The van der Waals surface area contributed by atoms with Crippen LogP contribution >= 0.6 is 35.6 Å². The average Bonchev–Trinajstić information content (AvgIpc) is 2.60. The van der Waals surface area contributed by atoms with Crippen molar-refractivity contribution in [3.05, 3.63) is 29.3 Å². The summed E-state index contributed by atoms with van der Waals surface area (Å²) in [6.07, 6.45) is 0.576. The lowest BCUT2D eigenvalue weighted by atomic mass is 10.2. The Balaban J connectivity index is 0.00000784. The summed E-state index contributed by atoms with van der Waals surface area (Å²) < 4.78 is 5.15. The summed E-state index contributed by atoms with van der Waals surface area (Å²) in [4.78, 5) is 27.6. The number of anilines is 1. The molecule has 8 nitrogen and oxygen atoms in total. The first kappa shape index (κ1) is 27.2. The van der Waals surface area contributed by atoms with Gasteiger partial charge in [-0.2, -0.15) is 0 Å². The first-order chi connectivity index (χ1) is 13.2. The molecule has 0 radical (unpaired) electrons. The fraction of sp³-hybridized carbons (Fsp3) is 0.526. The van der Waals surface area contributed by atoms with E-state index in [0.29, 0.717) is 43.5 Å². The third kappa shape index (κ3) is 14.0. The summed E-state index contributed by atoms with van der Waals surface area (Å²) in [7, 11) is 1.66. The van der Waals surface area contributed by atoms with Gasteiger partial charge in [-0.25, -0.2) is 4.79 Å². The average molecular weight is 540 g/mol. The lowest BCUT2D eigenvalue weighted by molar-refractivity contribution is -0.116. The lowest BCUT2D eigenvalue weighted by Gasteiger charge is -2.19. The number of alkyl carbamates (subject to hydrolysis) is 1. The summed E-state index contributed by atoms with van der Waals surface area (Å²) >= 11 is 5.82. The van der Waals surface area contributed by atoms with E-state index in [1.807, 2.05) is 20.8 Å². The van der Waals surface area contributed by atoms with E-state index in [1.165, 1.54) is 0 Å². The summed E-state index contributed by atoms with van der Waals surface area (Å²) in [5.74, 6) is 0.540. The molecule has 0 aliphatic rings. The second-order valence-electron chi connectivity index (χ2n) is 7.01. The van der Waals surface area contributed by atoms with Gasteiger partial charge in [0.25, 0.3) is 0 Å². The molecule has 0 aliphatic heterocycles. The molecule has 0 spiro atoms. The first-order valence-electron chi connectivity index (χ1n) is 9.16. The molecule has 0 unspecified atom stereocenters. The summed E-state index contributed by atoms with van der Waals surface area (Å²) in [6.45, 7) is 6.92. The van der Waals surface area contributed by atoms with Crippen LogP contribution in [0.15, 0.2) is 29.3 Å². The maximum Gasteiger partial charge on any atom is 0.407 e. The predicted molar refractivity (Wildman–Crippen MR) is 128 cm³/mol. The zero-order valence-corrected chi connectivity index (χ0v) is 20.4.